The van der Waals surface area contributed by atoms with Gasteiger partial charge in [-0.1, -0.05) is 36.2 Å². The van der Waals surface area contributed by atoms with E-state index < -0.39 is 13.2 Å². The van der Waals surface area contributed by atoms with Crippen LogP contribution in [0.25, 0.3) is 0 Å². The molecular formula is C12H22BrO3P. The smallest absolute Gasteiger partial charge is 0.306 e. The van der Waals surface area contributed by atoms with E-state index in [1.54, 1.807) is 0 Å². The predicted octanol–water partition coefficient (Wildman–Crippen LogP) is 5.21. The van der Waals surface area contributed by atoms with Gasteiger partial charge in [0.15, 0.2) is 0 Å². The Balaban J connectivity index is 3.06. The molecule has 0 aromatic rings. The summed E-state index contributed by atoms with van der Waals surface area (Å²) < 4.78 is 24.8. The van der Waals surface area contributed by atoms with Crippen LogP contribution in [-0.2, 0) is 13.6 Å². The lowest BCUT2D eigenvalue weighted by Crippen LogP contribution is -2.22. The normalized spacial score (nSPS) is 33.5. The van der Waals surface area contributed by atoms with E-state index in [0.717, 1.165) is 35.5 Å². The maximum atomic E-state index is 12.7. The van der Waals surface area contributed by atoms with Crippen molar-refractivity contribution < 1.29 is 13.6 Å². The molecule has 0 bridgehead atoms. The molecule has 1 aliphatic rings. The number of halogens is 1. The minimum Gasteiger partial charge on any atom is -0.306 e. The molecule has 0 fully saturated rings. The minimum absolute atomic E-state index is 0.410. The third kappa shape index (κ3) is 3.04. The quantitative estimate of drug-likeness (QED) is 0.629. The number of hydrogen-bond acceptors (Lipinski definition) is 3. The molecule has 3 nitrogen and oxygen atoms in total. The van der Waals surface area contributed by atoms with Crippen molar-refractivity contribution in [2.24, 2.45) is 0 Å². The molecule has 0 spiro atoms. The first-order chi connectivity index (χ1) is 7.93. The largest absolute Gasteiger partial charge is 0.359 e. The first-order valence-corrected chi connectivity index (χ1v) is 8.62. The molecule has 0 aromatic heterocycles. The summed E-state index contributed by atoms with van der Waals surface area (Å²) in [5.74, 6) is 0. The molecule has 0 saturated heterocycles. The van der Waals surface area contributed by atoms with Crippen LogP contribution in [0.4, 0.5) is 0 Å². The van der Waals surface area contributed by atoms with E-state index in [1.165, 1.54) is 0 Å². The van der Waals surface area contributed by atoms with Crippen molar-refractivity contribution in [3.05, 3.63) is 9.80 Å². The molecule has 1 aliphatic heterocycles. The van der Waals surface area contributed by atoms with Crippen LogP contribution in [0.3, 0.4) is 0 Å². The molecule has 0 N–H and O–H groups in total. The van der Waals surface area contributed by atoms with Gasteiger partial charge in [-0.05, 0) is 33.1 Å². The maximum absolute atomic E-state index is 12.7. The van der Waals surface area contributed by atoms with Gasteiger partial charge in [0.25, 0.3) is 0 Å². The molecule has 0 unspecified atom stereocenters. The summed E-state index contributed by atoms with van der Waals surface area (Å²) in [6, 6.07) is 0. The zero-order valence-corrected chi connectivity index (χ0v) is 13.6. The summed E-state index contributed by atoms with van der Waals surface area (Å²) in [6.07, 6.45) is 3.63. The molecule has 5 heteroatoms. The van der Waals surface area contributed by atoms with Gasteiger partial charge in [-0.25, -0.2) is 0 Å². The van der Waals surface area contributed by atoms with Crippen molar-refractivity contribution in [1.82, 2.24) is 0 Å². The molecular weight excluding hydrogens is 303 g/mol. The highest BCUT2D eigenvalue weighted by atomic mass is 79.9. The van der Waals surface area contributed by atoms with Gasteiger partial charge < -0.3 is 4.52 Å². The summed E-state index contributed by atoms with van der Waals surface area (Å²) in [5.41, 5.74) is -0.492. The molecule has 0 aliphatic carbocycles. The van der Waals surface area contributed by atoms with Crippen LogP contribution in [0, 0.1) is 0 Å². The van der Waals surface area contributed by atoms with Crippen molar-refractivity contribution in [2.75, 3.05) is 6.61 Å². The van der Waals surface area contributed by atoms with Crippen LogP contribution in [0.5, 0.6) is 0 Å². The van der Waals surface area contributed by atoms with Crippen molar-refractivity contribution in [1.29, 1.82) is 0 Å². The molecule has 17 heavy (non-hydrogen) atoms. The van der Waals surface area contributed by atoms with E-state index in [9.17, 15) is 4.57 Å². The van der Waals surface area contributed by atoms with Crippen LogP contribution >= 0.6 is 23.5 Å². The van der Waals surface area contributed by atoms with Gasteiger partial charge in [-0.3, -0.25) is 9.09 Å². The standard InChI is InChI=1S/C12H22BrO3P/c1-5-8-9-10-11(13)12(4,6-2)16-17(10,14)15-7-3/h5-9H2,1-4H3/t12-,17-/m1/s1. The van der Waals surface area contributed by atoms with Crippen LogP contribution in [-0.4, -0.2) is 12.2 Å². The highest BCUT2D eigenvalue weighted by Crippen LogP contribution is 2.69. The van der Waals surface area contributed by atoms with E-state index in [0.29, 0.717) is 6.61 Å². The van der Waals surface area contributed by atoms with E-state index in [2.05, 4.69) is 22.9 Å². The van der Waals surface area contributed by atoms with Crippen molar-refractivity contribution in [3.63, 3.8) is 0 Å². The fraction of sp³-hybridized carbons (Fsp3) is 0.833. The van der Waals surface area contributed by atoms with Gasteiger partial charge in [0, 0.05) is 4.48 Å². The minimum atomic E-state index is -3.07. The Hall–Kier alpha value is 0.370. The second-order valence-electron chi connectivity index (χ2n) is 4.46. The number of hydrogen-bond donors (Lipinski definition) is 0. The maximum Gasteiger partial charge on any atom is 0.359 e. The predicted molar refractivity (Wildman–Crippen MR) is 74.5 cm³/mol. The highest BCUT2D eigenvalue weighted by molar-refractivity contribution is 9.11. The van der Waals surface area contributed by atoms with Crippen LogP contribution in [0.1, 0.15) is 53.4 Å². The first-order valence-electron chi connectivity index (χ1n) is 6.28. The SMILES string of the molecule is CCCCC1=C(Br)[C@@](C)(CC)O[P@]1(=O)OCC. The van der Waals surface area contributed by atoms with Gasteiger partial charge in [0.05, 0.1) is 11.9 Å². The topological polar surface area (TPSA) is 35.5 Å². The van der Waals surface area contributed by atoms with Crippen molar-refractivity contribution in [3.8, 4) is 0 Å². The summed E-state index contributed by atoms with van der Waals surface area (Å²) >= 11 is 3.57. The van der Waals surface area contributed by atoms with Gasteiger partial charge in [-0.15, -0.1) is 0 Å². The number of allylic oxidation sites excluding steroid dienone is 1. The van der Waals surface area contributed by atoms with Crippen LogP contribution in [0.15, 0.2) is 9.80 Å². The molecule has 1 rings (SSSR count). The van der Waals surface area contributed by atoms with E-state index in [4.69, 9.17) is 9.05 Å². The average molecular weight is 325 g/mol. The van der Waals surface area contributed by atoms with Gasteiger partial charge in [0.1, 0.15) is 5.60 Å². The van der Waals surface area contributed by atoms with Crippen LogP contribution in [0.2, 0.25) is 0 Å². The summed E-state index contributed by atoms with van der Waals surface area (Å²) in [4.78, 5) is 0. The Kier molecular flexibility index (Phi) is 5.45. The van der Waals surface area contributed by atoms with E-state index in [1.807, 2.05) is 20.8 Å². The number of unbranched alkanes of at least 4 members (excludes halogenated alkanes) is 1. The summed E-state index contributed by atoms with van der Waals surface area (Å²) in [6.45, 7) is 8.36. The lowest BCUT2D eigenvalue weighted by molar-refractivity contribution is 0.114. The second-order valence-corrected chi connectivity index (χ2v) is 7.22. The van der Waals surface area contributed by atoms with Gasteiger partial charge >= 0.3 is 7.60 Å². The second kappa shape index (κ2) is 6.01. The lowest BCUT2D eigenvalue weighted by Gasteiger charge is -2.23. The summed E-state index contributed by atoms with van der Waals surface area (Å²) in [7, 11) is -3.07. The Morgan fingerprint density at radius 3 is 2.53 bits per heavy atom. The first kappa shape index (κ1) is 15.4. The third-order valence-electron chi connectivity index (χ3n) is 3.11. The fourth-order valence-electron chi connectivity index (χ4n) is 1.87. The third-order valence-corrected chi connectivity index (χ3v) is 7.08. The molecule has 100 valence electrons. The zero-order chi connectivity index (χ0) is 13.1. The Morgan fingerprint density at radius 2 is 2.06 bits per heavy atom. The Morgan fingerprint density at radius 1 is 1.41 bits per heavy atom. The van der Waals surface area contributed by atoms with Crippen molar-refractivity contribution >= 4 is 23.5 Å². The van der Waals surface area contributed by atoms with E-state index >= 15 is 0 Å². The highest BCUT2D eigenvalue weighted by Gasteiger charge is 2.49. The molecule has 0 aromatic carbocycles. The molecule has 2 atom stereocenters. The molecule has 0 radical (unpaired) electrons. The Bertz CT molecular complexity index is 354. The van der Waals surface area contributed by atoms with Gasteiger partial charge in [-0.2, -0.15) is 0 Å². The van der Waals surface area contributed by atoms with Gasteiger partial charge in [0.2, 0.25) is 0 Å². The summed E-state index contributed by atoms with van der Waals surface area (Å²) in [5, 5.41) is 0.838. The monoisotopic (exact) mass is 324 g/mol. The molecule has 1 heterocycles. The fourth-order valence-corrected chi connectivity index (χ4v) is 5.53. The Labute approximate surface area is 113 Å². The van der Waals surface area contributed by atoms with Crippen molar-refractivity contribution in [2.45, 2.75) is 59.0 Å². The molecule has 0 amide bonds. The van der Waals surface area contributed by atoms with E-state index in [-0.39, 0.29) is 0 Å². The average Bonchev–Trinajstić information content (AvgIpc) is 2.46. The van der Waals surface area contributed by atoms with Crippen LogP contribution < -0.4 is 0 Å². The molecule has 0 saturated carbocycles. The lowest BCUT2D eigenvalue weighted by atomic mass is 10.0. The number of rotatable bonds is 6. The zero-order valence-electron chi connectivity index (χ0n) is 11.1.